The summed E-state index contributed by atoms with van der Waals surface area (Å²) in [6.07, 6.45) is 12.6. The number of carbonyl (C=O) groups is 2. The molecular formula is C28H42O5. The van der Waals surface area contributed by atoms with E-state index in [1.807, 2.05) is 0 Å². The summed E-state index contributed by atoms with van der Waals surface area (Å²) < 4.78 is 17.7. The van der Waals surface area contributed by atoms with Crippen molar-refractivity contribution in [3.63, 3.8) is 0 Å². The second-order valence-electron chi connectivity index (χ2n) is 13.6. The molecule has 5 unspecified atom stereocenters. The summed E-state index contributed by atoms with van der Waals surface area (Å²) >= 11 is 0. The summed E-state index contributed by atoms with van der Waals surface area (Å²) in [7, 11) is 0. The summed E-state index contributed by atoms with van der Waals surface area (Å²) in [6.45, 7) is 7.21. The summed E-state index contributed by atoms with van der Waals surface area (Å²) in [6, 6.07) is 0. The monoisotopic (exact) mass is 458 g/mol. The maximum absolute atomic E-state index is 13.0. The Morgan fingerprint density at radius 3 is 2.06 bits per heavy atom. The van der Waals surface area contributed by atoms with Crippen LogP contribution in [0.4, 0.5) is 0 Å². The van der Waals surface area contributed by atoms with Crippen LogP contribution in [0.5, 0.6) is 0 Å². The molecule has 0 radical (unpaired) electrons. The molecule has 0 aromatic heterocycles. The van der Waals surface area contributed by atoms with Crippen molar-refractivity contribution in [1.29, 1.82) is 0 Å². The highest BCUT2D eigenvalue weighted by Crippen LogP contribution is 2.66. The molecule has 0 aromatic carbocycles. The number of hydrogen-bond acceptors (Lipinski definition) is 5. The van der Waals surface area contributed by atoms with Crippen LogP contribution in [0, 0.1) is 51.8 Å². The van der Waals surface area contributed by atoms with Gasteiger partial charge < -0.3 is 14.2 Å². The predicted octanol–water partition coefficient (Wildman–Crippen LogP) is 5.50. The fraction of sp³-hybridized carbons (Fsp3) is 0.929. The first-order chi connectivity index (χ1) is 15.7. The lowest BCUT2D eigenvalue weighted by Gasteiger charge is -2.56. The van der Waals surface area contributed by atoms with Gasteiger partial charge in [0.15, 0.2) is 6.79 Å². The quantitative estimate of drug-likeness (QED) is 0.273. The molecule has 0 spiro atoms. The van der Waals surface area contributed by atoms with Crippen molar-refractivity contribution < 1.29 is 23.8 Å². The van der Waals surface area contributed by atoms with Crippen molar-refractivity contribution in [2.24, 2.45) is 51.8 Å². The number of ether oxygens (including phenoxy) is 3. The lowest BCUT2D eigenvalue weighted by Crippen LogP contribution is -2.48. The predicted molar refractivity (Wildman–Crippen MR) is 123 cm³/mol. The van der Waals surface area contributed by atoms with Gasteiger partial charge in [0.1, 0.15) is 6.10 Å². The molecule has 0 N–H and O–H groups in total. The van der Waals surface area contributed by atoms with Crippen molar-refractivity contribution in [3.05, 3.63) is 0 Å². The van der Waals surface area contributed by atoms with Gasteiger partial charge >= 0.3 is 11.9 Å². The Labute approximate surface area is 198 Å². The van der Waals surface area contributed by atoms with Crippen molar-refractivity contribution in [3.8, 4) is 0 Å². The number of rotatable bonds is 8. The lowest BCUT2D eigenvalue weighted by atomic mass is 9.50. The highest BCUT2D eigenvalue weighted by atomic mass is 16.7. The van der Waals surface area contributed by atoms with Gasteiger partial charge in [-0.2, -0.15) is 0 Å². The Morgan fingerprint density at radius 1 is 0.879 bits per heavy atom. The van der Waals surface area contributed by atoms with Crippen molar-refractivity contribution >= 4 is 11.9 Å². The van der Waals surface area contributed by atoms with Crippen LogP contribution < -0.4 is 0 Å². The van der Waals surface area contributed by atoms with E-state index in [0.29, 0.717) is 11.3 Å². The van der Waals surface area contributed by atoms with E-state index >= 15 is 0 Å². The molecule has 0 saturated heterocycles. The van der Waals surface area contributed by atoms with E-state index in [4.69, 9.17) is 14.2 Å². The third-order valence-corrected chi connectivity index (χ3v) is 11.1. The molecule has 184 valence electrons. The SMILES string of the molecule is CCC1(C(=O)OC2CC3CC(C(=O)OCOCC45CC6CC(CC(C6)C4)C5)C2C3)CC1(C)C. The van der Waals surface area contributed by atoms with Crippen LogP contribution in [0.3, 0.4) is 0 Å². The number of hydrogen-bond donors (Lipinski definition) is 0. The number of esters is 2. The molecule has 7 aliphatic carbocycles. The minimum atomic E-state index is -0.323. The van der Waals surface area contributed by atoms with E-state index in [9.17, 15) is 9.59 Å². The van der Waals surface area contributed by atoms with E-state index in [2.05, 4.69) is 20.8 Å². The standard InChI is InChI=1S/C28H42O5/c1-4-28(14-26(28,2)3)25(30)33-23-10-17-8-21(23)22(9-17)24(29)32-16-31-15-27-11-18-5-19(12-27)7-20(6-18)13-27/h17-23H,4-16H2,1-3H3. The van der Waals surface area contributed by atoms with Crippen LogP contribution in [0.25, 0.3) is 0 Å². The van der Waals surface area contributed by atoms with Crippen molar-refractivity contribution in [1.82, 2.24) is 0 Å². The Morgan fingerprint density at radius 2 is 1.52 bits per heavy atom. The van der Waals surface area contributed by atoms with Gasteiger partial charge in [-0.15, -0.1) is 0 Å². The molecule has 7 rings (SSSR count). The van der Waals surface area contributed by atoms with Crippen LogP contribution in [-0.2, 0) is 23.8 Å². The number of fused-ring (bicyclic) bond motifs is 2. The fourth-order valence-corrected chi connectivity index (χ4v) is 9.68. The van der Waals surface area contributed by atoms with Gasteiger partial charge in [0.25, 0.3) is 0 Å². The Bertz CT molecular complexity index is 782. The molecule has 0 aliphatic heterocycles. The molecule has 5 nitrogen and oxygen atoms in total. The van der Waals surface area contributed by atoms with Gasteiger partial charge in [0, 0.05) is 5.92 Å². The van der Waals surface area contributed by atoms with Gasteiger partial charge in [-0.05, 0) is 105 Å². The largest absolute Gasteiger partial charge is 0.462 e. The van der Waals surface area contributed by atoms with E-state index in [-0.39, 0.29) is 47.5 Å². The third-order valence-electron chi connectivity index (χ3n) is 11.1. The first kappa shape index (κ1) is 22.4. The Balaban J connectivity index is 0.987. The van der Waals surface area contributed by atoms with Crippen molar-refractivity contribution in [2.75, 3.05) is 13.4 Å². The maximum Gasteiger partial charge on any atom is 0.312 e. The molecule has 7 aliphatic rings. The van der Waals surface area contributed by atoms with Crippen LogP contribution in [0.2, 0.25) is 0 Å². The average molecular weight is 459 g/mol. The smallest absolute Gasteiger partial charge is 0.312 e. The summed E-state index contributed by atoms with van der Waals surface area (Å²) in [5, 5.41) is 0. The van der Waals surface area contributed by atoms with Gasteiger partial charge in [-0.1, -0.05) is 20.8 Å². The first-order valence-corrected chi connectivity index (χ1v) is 13.7. The normalized spacial score (nSPS) is 48.2. The van der Waals surface area contributed by atoms with Gasteiger partial charge in [0.05, 0.1) is 17.9 Å². The Kier molecular flexibility index (Phi) is 5.22. The molecule has 5 heteroatoms. The van der Waals surface area contributed by atoms with E-state index in [1.165, 1.54) is 38.5 Å². The Hall–Kier alpha value is -1.10. The molecule has 5 atom stereocenters. The highest BCUT2D eigenvalue weighted by Gasteiger charge is 2.66. The van der Waals surface area contributed by atoms with Gasteiger partial charge in [-0.25, -0.2) is 0 Å². The molecule has 0 aromatic rings. The van der Waals surface area contributed by atoms with E-state index in [0.717, 1.165) is 56.5 Å². The lowest BCUT2D eigenvalue weighted by molar-refractivity contribution is -0.177. The van der Waals surface area contributed by atoms with Crippen LogP contribution in [0.15, 0.2) is 0 Å². The van der Waals surface area contributed by atoms with Crippen LogP contribution >= 0.6 is 0 Å². The topological polar surface area (TPSA) is 61.8 Å². The highest BCUT2D eigenvalue weighted by molar-refractivity contribution is 5.82. The summed E-state index contributed by atoms with van der Waals surface area (Å²) in [5.41, 5.74) is 0.0530. The summed E-state index contributed by atoms with van der Waals surface area (Å²) in [5.74, 6) is 2.98. The van der Waals surface area contributed by atoms with E-state index in [1.54, 1.807) is 0 Å². The minimum absolute atomic E-state index is 0.0306. The van der Waals surface area contributed by atoms with Gasteiger partial charge in [0.2, 0.25) is 0 Å². The zero-order chi connectivity index (χ0) is 23.0. The maximum atomic E-state index is 13.0. The molecule has 0 amide bonds. The fourth-order valence-electron chi connectivity index (χ4n) is 9.68. The zero-order valence-electron chi connectivity index (χ0n) is 20.8. The average Bonchev–Trinajstić information content (AvgIpc) is 3.04. The van der Waals surface area contributed by atoms with E-state index < -0.39 is 0 Å². The van der Waals surface area contributed by atoms with Gasteiger partial charge in [-0.3, -0.25) is 9.59 Å². The molecule has 7 fully saturated rings. The minimum Gasteiger partial charge on any atom is -0.462 e. The third kappa shape index (κ3) is 3.67. The van der Waals surface area contributed by atoms with Crippen LogP contribution in [0.1, 0.15) is 91.4 Å². The first-order valence-electron chi connectivity index (χ1n) is 13.7. The molecule has 33 heavy (non-hydrogen) atoms. The van der Waals surface area contributed by atoms with Crippen molar-refractivity contribution in [2.45, 2.75) is 97.5 Å². The summed E-state index contributed by atoms with van der Waals surface area (Å²) in [4.78, 5) is 25.9. The second-order valence-corrected chi connectivity index (χ2v) is 13.6. The second kappa shape index (κ2) is 7.70. The molecule has 6 bridgehead atoms. The molecular weight excluding hydrogens is 416 g/mol. The molecule has 7 saturated carbocycles. The molecule has 0 heterocycles. The van der Waals surface area contributed by atoms with Crippen LogP contribution in [-0.4, -0.2) is 31.4 Å². The number of carbonyl (C=O) groups excluding carboxylic acids is 2. The zero-order valence-corrected chi connectivity index (χ0v) is 20.8.